The molecule has 12 heavy (non-hydrogen) atoms. The van der Waals surface area contributed by atoms with Gasteiger partial charge in [-0.2, -0.15) is 0 Å². The van der Waals surface area contributed by atoms with Crippen LogP contribution >= 0.6 is 0 Å². The molecule has 0 aliphatic rings. The van der Waals surface area contributed by atoms with Crippen molar-refractivity contribution in [3.8, 4) is 0 Å². The molecule has 0 saturated carbocycles. The van der Waals surface area contributed by atoms with Crippen LogP contribution in [-0.4, -0.2) is 10.9 Å². The maximum Gasteiger partial charge on any atom is 0.167 e. The van der Waals surface area contributed by atoms with E-state index in [0.717, 1.165) is 5.56 Å². The zero-order valence-corrected chi connectivity index (χ0v) is 6.95. The SMILES string of the molecule is CC(=O)CC(O)c1cc[nH+]cc1. The highest BCUT2D eigenvalue weighted by Crippen LogP contribution is 2.14. The van der Waals surface area contributed by atoms with Crippen molar-refractivity contribution in [2.45, 2.75) is 19.4 Å². The molecule has 3 heteroatoms. The highest BCUT2D eigenvalue weighted by Gasteiger charge is 2.09. The van der Waals surface area contributed by atoms with Crippen molar-refractivity contribution in [1.82, 2.24) is 0 Å². The number of hydrogen-bond donors (Lipinski definition) is 1. The smallest absolute Gasteiger partial charge is 0.167 e. The van der Waals surface area contributed by atoms with Crippen LogP contribution in [0.1, 0.15) is 25.0 Å². The van der Waals surface area contributed by atoms with Crippen molar-refractivity contribution < 1.29 is 14.9 Å². The van der Waals surface area contributed by atoms with Gasteiger partial charge >= 0.3 is 0 Å². The molecule has 0 bridgehead atoms. The van der Waals surface area contributed by atoms with Gasteiger partial charge in [0.15, 0.2) is 12.4 Å². The molecule has 0 aliphatic carbocycles. The summed E-state index contributed by atoms with van der Waals surface area (Å²) in [5, 5.41) is 9.46. The Morgan fingerprint density at radius 1 is 1.58 bits per heavy atom. The van der Waals surface area contributed by atoms with Crippen LogP contribution in [0.3, 0.4) is 0 Å². The van der Waals surface area contributed by atoms with Crippen LogP contribution in [0.4, 0.5) is 0 Å². The Bertz CT molecular complexity index is 258. The van der Waals surface area contributed by atoms with Gasteiger partial charge in [0.1, 0.15) is 5.78 Å². The molecule has 3 nitrogen and oxygen atoms in total. The number of aliphatic hydroxyl groups is 1. The van der Waals surface area contributed by atoms with Gasteiger partial charge in [-0.3, -0.25) is 4.79 Å². The summed E-state index contributed by atoms with van der Waals surface area (Å²) in [6, 6.07) is 3.52. The Kier molecular flexibility index (Phi) is 2.94. The van der Waals surface area contributed by atoms with Gasteiger partial charge in [-0.05, 0) is 12.5 Å². The Morgan fingerprint density at radius 2 is 2.17 bits per heavy atom. The third-order valence-corrected chi connectivity index (χ3v) is 1.61. The number of aliphatic hydroxyl groups excluding tert-OH is 1. The summed E-state index contributed by atoms with van der Waals surface area (Å²) in [7, 11) is 0. The van der Waals surface area contributed by atoms with Gasteiger partial charge in [0.2, 0.25) is 0 Å². The molecule has 1 aromatic rings. The average Bonchev–Trinajstić information content (AvgIpc) is 2.05. The molecule has 1 heterocycles. The van der Waals surface area contributed by atoms with Crippen molar-refractivity contribution in [2.24, 2.45) is 0 Å². The first-order chi connectivity index (χ1) is 5.70. The first-order valence-electron chi connectivity index (χ1n) is 3.83. The molecule has 64 valence electrons. The summed E-state index contributed by atoms with van der Waals surface area (Å²) >= 11 is 0. The second kappa shape index (κ2) is 3.97. The Hall–Kier alpha value is -1.22. The number of carbonyl (C=O) groups is 1. The van der Waals surface area contributed by atoms with Crippen LogP contribution in [0.2, 0.25) is 0 Å². The van der Waals surface area contributed by atoms with Gasteiger partial charge in [-0.1, -0.05) is 0 Å². The number of rotatable bonds is 3. The predicted octanol–water partition coefficient (Wildman–Crippen LogP) is 0.513. The zero-order chi connectivity index (χ0) is 8.97. The summed E-state index contributed by atoms with van der Waals surface area (Å²) in [4.78, 5) is 13.5. The van der Waals surface area contributed by atoms with Gasteiger partial charge in [-0.25, -0.2) is 4.98 Å². The van der Waals surface area contributed by atoms with Gasteiger partial charge in [-0.15, -0.1) is 0 Å². The molecule has 1 rings (SSSR count). The molecule has 1 unspecified atom stereocenters. The average molecular weight is 166 g/mol. The van der Waals surface area contributed by atoms with Gasteiger partial charge < -0.3 is 5.11 Å². The molecule has 1 aromatic heterocycles. The highest BCUT2D eigenvalue weighted by atomic mass is 16.3. The third kappa shape index (κ3) is 2.43. The van der Waals surface area contributed by atoms with Gasteiger partial charge in [0.05, 0.1) is 6.10 Å². The lowest BCUT2D eigenvalue weighted by Crippen LogP contribution is -2.06. The summed E-state index contributed by atoms with van der Waals surface area (Å²) in [6.45, 7) is 1.47. The van der Waals surface area contributed by atoms with Crippen LogP contribution in [0.5, 0.6) is 0 Å². The van der Waals surface area contributed by atoms with Crippen LogP contribution in [0, 0.1) is 0 Å². The van der Waals surface area contributed by atoms with Crippen molar-refractivity contribution >= 4 is 5.78 Å². The molecule has 0 aliphatic heterocycles. The fraction of sp³-hybridized carbons (Fsp3) is 0.333. The van der Waals surface area contributed by atoms with Crippen molar-refractivity contribution in [1.29, 1.82) is 0 Å². The summed E-state index contributed by atoms with van der Waals surface area (Å²) < 4.78 is 0. The highest BCUT2D eigenvalue weighted by molar-refractivity contribution is 5.76. The number of aromatic amines is 1. The third-order valence-electron chi connectivity index (χ3n) is 1.61. The van der Waals surface area contributed by atoms with E-state index in [1.165, 1.54) is 6.92 Å². The first-order valence-corrected chi connectivity index (χ1v) is 3.83. The van der Waals surface area contributed by atoms with Crippen molar-refractivity contribution in [2.75, 3.05) is 0 Å². The second-order valence-electron chi connectivity index (χ2n) is 2.76. The van der Waals surface area contributed by atoms with E-state index in [4.69, 9.17) is 0 Å². The van der Waals surface area contributed by atoms with Crippen LogP contribution in [0.15, 0.2) is 24.5 Å². The van der Waals surface area contributed by atoms with E-state index >= 15 is 0 Å². The van der Waals surface area contributed by atoms with Crippen LogP contribution in [-0.2, 0) is 4.79 Å². The molecular formula is C9H12NO2+. The summed E-state index contributed by atoms with van der Waals surface area (Å²) in [5.74, 6) is -0.00432. The van der Waals surface area contributed by atoms with E-state index in [-0.39, 0.29) is 12.2 Å². The molecule has 0 fully saturated rings. The quantitative estimate of drug-likeness (QED) is 0.711. The molecule has 0 amide bonds. The van der Waals surface area contributed by atoms with Crippen molar-refractivity contribution in [3.05, 3.63) is 30.1 Å². The fourth-order valence-electron chi connectivity index (χ4n) is 1.01. The largest absolute Gasteiger partial charge is 0.388 e. The van der Waals surface area contributed by atoms with Crippen LogP contribution < -0.4 is 4.98 Å². The lowest BCUT2D eigenvalue weighted by atomic mass is 10.1. The monoisotopic (exact) mass is 166 g/mol. The van der Waals surface area contributed by atoms with E-state index in [0.29, 0.717) is 0 Å². The molecule has 0 spiro atoms. The Balaban J connectivity index is 2.65. The molecule has 1 atom stereocenters. The molecular weight excluding hydrogens is 154 g/mol. The molecule has 0 saturated heterocycles. The van der Waals surface area contributed by atoms with E-state index in [2.05, 4.69) is 4.98 Å². The normalized spacial score (nSPS) is 12.5. The topological polar surface area (TPSA) is 51.4 Å². The second-order valence-corrected chi connectivity index (χ2v) is 2.76. The van der Waals surface area contributed by atoms with E-state index in [1.54, 1.807) is 24.5 Å². The van der Waals surface area contributed by atoms with Gasteiger partial charge in [0.25, 0.3) is 0 Å². The minimum Gasteiger partial charge on any atom is -0.388 e. The molecule has 2 N–H and O–H groups in total. The minimum absolute atomic E-state index is 0.00432. The van der Waals surface area contributed by atoms with E-state index < -0.39 is 6.10 Å². The number of aromatic nitrogens is 1. The number of pyridine rings is 1. The number of hydrogen-bond acceptors (Lipinski definition) is 2. The number of carbonyl (C=O) groups excluding carboxylic acids is 1. The number of H-pyrrole nitrogens is 1. The standard InChI is InChI=1S/C9H11NO2/c1-7(11)6-9(12)8-2-4-10-5-3-8/h2-5,9,12H,6H2,1H3/p+1. The zero-order valence-electron chi connectivity index (χ0n) is 6.95. The van der Waals surface area contributed by atoms with E-state index in [9.17, 15) is 9.90 Å². The summed E-state index contributed by atoms with van der Waals surface area (Å²) in [6.07, 6.45) is 2.96. The van der Waals surface area contributed by atoms with Crippen molar-refractivity contribution in [3.63, 3.8) is 0 Å². The Morgan fingerprint density at radius 3 is 2.67 bits per heavy atom. The molecule has 0 radical (unpaired) electrons. The first kappa shape index (κ1) is 8.87. The summed E-state index contributed by atoms with van der Waals surface area (Å²) in [5.41, 5.74) is 0.768. The number of ketones is 1. The number of nitrogens with one attached hydrogen (secondary N) is 1. The number of Topliss-reactive ketones (excluding diaryl/α,β-unsaturated/α-hetero) is 1. The van der Waals surface area contributed by atoms with Gasteiger partial charge in [0, 0.05) is 18.6 Å². The lowest BCUT2D eigenvalue weighted by Gasteiger charge is -2.05. The predicted molar refractivity (Wildman–Crippen MR) is 43.3 cm³/mol. The van der Waals surface area contributed by atoms with E-state index in [1.807, 2.05) is 0 Å². The van der Waals surface area contributed by atoms with Crippen LogP contribution in [0.25, 0.3) is 0 Å². The lowest BCUT2D eigenvalue weighted by molar-refractivity contribution is -0.378. The Labute approximate surface area is 71.1 Å². The fourth-order valence-corrected chi connectivity index (χ4v) is 1.01. The molecule has 0 aromatic carbocycles. The maximum absolute atomic E-state index is 10.7. The minimum atomic E-state index is -0.669. The maximum atomic E-state index is 10.7.